The van der Waals surface area contributed by atoms with Crippen molar-refractivity contribution in [1.82, 2.24) is 5.16 Å². The number of anilines is 3. The minimum absolute atomic E-state index is 0.0395. The van der Waals surface area contributed by atoms with Crippen molar-refractivity contribution in [3.05, 3.63) is 101 Å². The third-order valence-electron chi connectivity index (χ3n) is 4.12. The highest BCUT2D eigenvalue weighted by atomic mass is 16.6. The number of aromatic nitrogens is 1. The van der Waals surface area contributed by atoms with Gasteiger partial charge in [-0.15, -0.1) is 0 Å². The summed E-state index contributed by atoms with van der Waals surface area (Å²) < 4.78 is 5.61. The number of para-hydroxylation sites is 2. The number of benzene rings is 3. The first kappa shape index (κ1) is 16.5. The van der Waals surface area contributed by atoms with E-state index in [-0.39, 0.29) is 5.69 Å². The van der Waals surface area contributed by atoms with Crippen molar-refractivity contribution in [2.45, 2.75) is 0 Å². The highest BCUT2D eigenvalue weighted by Crippen LogP contribution is 2.36. The van der Waals surface area contributed by atoms with Crippen molar-refractivity contribution < 1.29 is 9.45 Å². The molecular weight excluding hydrogens is 342 g/mol. The van der Waals surface area contributed by atoms with Crippen LogP contribution in [0.25, 0.3) is 11.3 Å². The first-order valence-electron chi connectivity index (χ1n) is 8.34. The van der Waals surface area contributed by atoms with E-state index in [1.54, 1.807) is 12.1 Å². The molecule has 0 saturated carbocycles. The molecule has 0 unspecified atom stereocenters. The third-order valence-corrected chi connectivity index (χ3v) is 4.12. The lowest BCUT2D eigenvalue weighted by molar-refractivity contribution is -0.384. The maximum atomic E-state index is 10.8. The van der Waals surface area contributed by atoms with Gasteiger partial charge in [0, 0.05) is 35.1 Å². The maximum absolute atomic E-state index is 10.8. The molecule has 0 radical (unpaired) electrons. The van der Waals surface area contributed by atoms with E-state index >= 15 is 0 Å². The van der Waals surface area contributed by atoms with Crippen LogP contribution in [-0.2, 0) is 0 Å². The Hall–Kier alpha value is -3.93. The number of hydrogen-bond donors (Lipinski definition) is 0. The summed E-state index contributed by atoms with van der Waals surface area (Å²) >= 11 is 0. The first-order valence-corrected chi connectivity index (χ1v) is 8.34. The Bertz CT molecular complexity index is 1010. The van der Waals surface area contributed by atoms with Crippen LogP contribution in [0.5, 0.6) is 0 Å². The Labute approximate surface area is 155 Å². The van der Waals surface area contributed by atoms with Gasteiger partial charge >= 0.3 is 0 Å². The van der Waals surface area contributed by atoms with Crippen LogP contribution in [0.1, 0.15) is 0 Å². The van der Waals surface area contributed by atoms with E-state index < -0.39 is 4.92 Å². The molecule has 6 heteroatoms. The van der Waals surface area contributed by atoms with Gasteiger partial charge in [0.05, 0.1) is 4.92 Å². The molecule has 0 aliphatic rings. The average Bonchev–Trinajstić information content (AvgIpc) is 3.19. The molecule has 0 aliphatic heterocycles. The lowest BCUT2D eigenvalue weighted by atomic mass is 10.1. The molecule has 27 heavy (non-hydrogen) atoms. The summed E-state index contributed by atoms with van der Waals surface area (Å²) in [4.78, 5) is 12.4. The number of nitro benzene ring substituents is 1. The summed E-state index contributed by atoms with van der Waals surface area (Å²) in [5.41, 5.74) is 3.27. The highest BCUT2D eigenvalue weighted by molar-refractivity contribution is 5.75. The lowest BCUT2D eigenvalue weighted by Gasteiger charge is -2.21. The SMILES string of the molecule is O=[N+]([O-])c1ccc(-c2cc(N(c3ccccc3)c3ccccc3)on2)cc1. The molecular formula is C21H15N3O3. The average molecular weight is 357 g/mol. The molecule has 6 nitrogen and oxygen atoms in total. The van der Waals surface area contributed by atoms with Crippen LogP contribution >= 0.6 is 0 Å². The zero-order valence-corrected chi connectivity index (χ0v) is 14.2. The van der Waals surface area contributed by atoms with Gasteiger partial charge in [-0.1, -0.05) is 41.6 Å². The van der Waals surface area contributed by atoms with Crippen molar-refractivity contribution in [1.29, 1.82) is 0 Å². The van der Waals surface area contributed by atoms with Crippen LogP contribution in [0, 0.1) is 10.1 Å². The molecule has 4 rings (SSSR count). The first-order chi connectivity index (χ1) is 13.2. The minimum Gasteiger partial charge on any atom is -0.337 e. The van der Waals surface area contributed by atoms with E-state index in [9.17, 15) is 10.1 Å². The molecule has 1 aromatic heterocycles. The second-order valence-electron chi connectivity index (χ2n) is 5.86. The number of rotatable bonds is 5. The maximum Gasteiger partial charge on any atom is 0.269 e. The molecule has 0 atom stereocenters. The minimum atomic E-state index is -0.426. The van der Waals surface area contributed by atoms with E-state index in [2.05, 4.69) is 5.16 Å². The Morgan fingerprint density at radius 2 is 1.37 bits per heavy atom. The predicted molar refractivity (Wildman–Crippen MR) is 103 cm³/mol. The predicted octanol–water partition coefficient (Wildman–Crippen LogP) is 5.72. The molecule has 0 spiro atoms. The third kappa shape index (κ3) is 3.41. The highest BCUT2D eigenvalue weighted by Gasteiger charge is 2.18. The van der Waals surface area contributed by atoms with Crippen molar-refractivity contribution >= 4 is 22.9 Å². The van der Waals surface area contributed by atoms with Gasteiger partial charge in [0.1, 0.15) is 5.69 Å². The van der Waals surface area contributed by atoms with Gasteiger partial charge < -0.3 is 4.52 Å². The van der Waals surface area contributed by atoms with E-state index in [1.807, 2.05) is 71.6 Å². The van der Waals surface area contributed by atoms with E-state index in [0.29, 0.717) is 11.6 Å². The molecule has 0 amide bonds. The quantitative estimate of drug-likeness (QED) is 0.337. The fourth-order valence-electron chi connectivity index (χ4n) is 2.82. The lowest BCUT2D eigenvalue weighted by Crippen LogP contribution is -2.08. The number of nitrogens with zero attached hydrogens (tertiary/aromatic N) is 3. The van der Waals surface area contributed by atoms with Gasteiger partial charge in [-0.05, 0) is 36.4 Å². The molecule has 3 aromatic carbocycles. The Morgan fingerprint density at radius 1 is 0.815 bits per heavy atom. The zero-order valence-electron chi connectivity index (χ0n) is 14.2. The molecule has 0 bridgehead atoms. The van der Waals surface area contributed by atoms with E-state index in [1.165, 1.54) is 12.1 Å². The van der Waals surface area contributed by atoms with Crippen molar-refractivity contribution in [3.8, 4) is 11.3 Å². The smallest absolute Gasteiger partial charge is 0.269 e. The van der Waals surface area contributed by atoms with Gasteiger partial charge in [0.15, 0.2) is 0 Å². The largest absolute Gasteiger partial charge is 0.337 e. The molecule has 0 fully saturated rings. The Kier molecular flexibility index (Phi) is 4.37. The van der Waals surface area contributed by atoms with Crippen LogP contribution in [-0.4, -0.2) is 10.1 Å². The van der Waals surface area contributed by atoms with E-state index in [0.717, 1.165) is 16.9 Å². The summed E-state index contributed by atoms with van der Waals surface area (Å²) in [6, 6.07) is 27.7. The van der Waals surface area contributed by atoms with Gasteiger partial charge in [0.25, 0.3) is 5.69 Å². The molecule has 0 aliphatic carbocycles. The standard InChI is InChI=1S/C21H15N3O3/c25-24(26)19-13-11-16(12-14-19)20-15-21(27-22-20)23(17-7-3-1-4-8-17)18-9-5-2-6-10-18/h1-15H. The second kappa shape index (κ2) is 7.13. The van der Waals surface area contributed by atoms with E-state index in [4.69, 9.17) is 4.52 Å². The van der Waals surface area contributed by atoms with Crippen molar-refractivity contribution in [2.24, 2.45) is 0 Å². The molecule has 0 N–H and O–H groups in total. The van der Waals surface area contributed by atoms with Gasteiger partial charge in [-0.2, -0.15) is 0 Å². The van der Waals surface area contributed by atoms with Crippen molar-refractivity contribution in [2.75, 3.05) is 4.90 Å². The van der Waals surface area contributed by atoms with Crippen LogP contribution in [0.15, 0.2) is 95.5 Å². The van der Waals surface area contributed by atoms with Crippen LogP contribution < -0.4 is 4.90 Å². The summed E-state index contributed by atoms with van der Waals surface area (Å²) in [6.45, 7) is 0. The summed E-state index contributed by atoms with van der Waals surface area (Å²) in [6.07, 6.45) is 0. The fourth-order valence-corrected chi connectivity index (χ4v) is 2.82. The Balaban J connectivity index is 1.73. The summed E-state index contributed by atoms with van der Waals surface area (Å²) in [5, 5.41) is 15.0. The molecule has 0 saturated heterocycles. The van der Waals surface area contributed by atoms with Crippen molar-refractivity contribution in [3.63, 3.8) is 0 Å². The van der Waals surface area contributed by atoms with Crippen LogP contribution in [0.2, 0.25) is 0 Å². The normalized spacial score (nSPS) is 10.5. The monoisotopic (exact) mass is 357 g/mol. The van der Waals surface area contributed by atoms with Gasteiger partial charge in [-0.3, -0.25) is 15.0 Å². The van der Waals surface area contributed by atoms with Gasteiger partial charge in [0.2, 0.25) is 5.88 Å². The summed E-state index contributed by atoms with van der Waals surface area (Å²) in [7, 11) is 0. The summed E-state index contributed by atoms with van der Waals surface area (Å²) in [5.74, 6) is 0.556. The second-order valence-corrected chi connectivity index (χ2v) is 5.86. The zero-order chi connectivity index (χ0) is 18.6. The number of non-ortho nitro benzene ring substituents is 1. The number of nitro groups is 1. The topological polar surface area (TPSA) is 72.4 Å². The molecule has 4 aromatic rings. The fraction of sp³-hybridized carbons (Fsp3) is 0. The Morgan fingerprint density at radius 3 is 1.89 bits per heavy atom. The molecule has 132 valence electrons. The van der Waals surface area contributed by atoms with Crippen LogP contribution in [0.3, 0.4) is 0 Å². The number of hydrogen-bond acceptors (Lipinski definition) is 5. The van der Waals surface area contributed by atoms with Gasteiger partial charge in [-0.25, -0.2) is 0 Å². The van der Waals surface area contributed by atoms with Crippen LogP contribution in [0.4, 0.5) is 22.9 Å². The molecule has 1 heterocycles.